The van der Waals surface area contributed by atoms with Crippen LogP contribution in [0.5, 0.6) is 5.75 Å². The maximum atomic E-state index is 6.02. The summed E-state index contributed by atoms with van der Waals surface area (Å²) in [4.78, 5) is 0. The Labute approximate surface area is 143 Å². The van der Waals surface area contributed by atoms with E-state index in [-0.39, 0.29) is 0 Å². The number of hydrogen-bond donors (Lipinski definition) is 3. The summed E-state index contributed by atoms with van der Waals surface area (Å²) >= 11 is 0. The SMILES string of the molecule is c1cc2c(NC3CCCCC3)n[nH]c2cc1OCC1CCNCC1. The van der Waals surface area contributed by atoms with Crippen molar-refractivity contribution in [2.24, 2.45) is 5.92 Å². The first-order valence-electron chi connectivity index (χ1n) is 9.47. The molecular formula is C19H28N4O. The predicted molar refractivity (Wildman–Crippen MR) is 97.7 cm³/mol. The van der Waals surface area contributed by atoms with Crippen molar-refractivity contribution in [3.05, 3.63) is 18.2 Å². The Hall–Kier alpha value is -1.75. The van der Waals surface area contributed by atoms with Crippen molar-refractivity contribution in [2.75, 3.05) is 25.0 Å². The fourth-order valence-corrected chi connectivity index (χ4v) is 3.90. The van der Waals surface area contributed by atoms with E-state index in [2.05, 4.69) is 39.0 Å². The van der Waals surface area contributed by atoms with Gasteiger partial charge in [0.05, 0.1) is 12.1 Å². The van der Waals surface area contributed by atoms with Crippen LogP contribution in [0.3, 0.4) is 0 Å². The van der Waals surface area contributed by atoms with Crippen molar-refractivity contribution >= 4 is 16.7 Å². The van der Waals surface area contributed by atoms with Crippen LogP contribution in [0.25, 0.3) is 10.9 Å². The molecular weight excluding hydrogens is 300 g/mol. The van der Waals surface area contributed by atoms with Gasteiger partial charge in [-0.05, 0) is 56.8 Å². The van der Waals surface area contributed by atoms with E-state index in [0.29, 0.717) is 12.0 Å². The van der Waals surface area contributed by atoms with Crippen molar-refractivity contribution in [3.63, 3.8) is 0 Å². The molecule has 24 heavy (non-hydrogen) atoms. The molecule has 3 N–H and O–H groups in total. The lowest BCUT2D eigenvalue weighted by atomic mass is 9.95. The summed E-state index contributed by atoms with van der Waals surface area (Å²) in [5, 5.41) is 15.8. The van der Waals surface area contributed by atoms with Gasteiger partial charge >= 0.3 is 0 Å². The van der Waals surface area contributed by atoms with E-state index in [1.54, 1.807) is 0 Å². The zero-order chi connectivity index (χ0) is 16.2. The molecule has 0 unspecified atom stereocenters. The van der Waals surface area contributed by atoms with Crippen molar-refractivity contribution in [3.8, 4) is 5.75 Å². The average Bonchev–Trinajstić information content (AvgIpc) is 3.04. The summed E-state index contributed by atoms with van der Waals surface area (Å²) in [5.41, 5.74) is 1.05. The van der Waals surface area contributed by atoms with Crippen LogP contribution < -0.4 is 15.4 Å². The number of ether oxygens (including phenoxy) is 1. The molecule has 2 aromatic rings. The van der Waals surface area contributed by atoms with Crippen LogP contribution in [0.4, 0.5) is 5.82 Å². The Morgan fingerprint density at radius 2 is 1.92 bits per heavy atom. The Morgan fingerprint density at radius 3 is 2.75 bits per heavy atom. The molecule has 1 aliphatic heterocycles. The fraction of sp³-hybridized carbons (Fsp3) is 0.632. The quantitative estimate of drug-likeness (QED) is 0.783. The van der Waals surface area contributed by atoms with Gasteiger partial charge in [0.2, 0.25) is 0 Å². The summed E-state index contributed by atoms with van der Waals surface area (Å²) in [6, 6.07) is 6.85. The molecule has 0 radical (unpaired) electrons. The lowest BCUT2D eigenvalue weighted by molar-refractivity contribution is 0.215. The molecule has 2 aliphatic rings. The van der Waals surface area contributed by atoms with Gasteiger partial charge in [0.15, 0.2) is 5.82 Å². The molecule has 5 nitrogen and oxygen atoms in total. The number of anilines is 1. The Bertz CT molecular complexity index is 656. The number of H-pyrrole nitrogens is 1. The molecule has 0 bridgehead atoms. The van der Waals surface area contributed by atoms with Gasteiger partial charge in [0.1, 0.15) is 5.75 Å². The van der Waals surface area contributed by atoms with E-state index >= 15 is 0 Å². The number of fused-ring (bicyclic) bond motifs is 1. The van der Waals surface area contributed by atoms with Gasteiger partial charge in [0, 0.05) is 17.5 Å². The molecule has 2 fully saturated rings. The largest absolute Gasteiger partial charge is 0.493 e. The maximum absolute atomic E-state index is 6.02. The van der Waals surface area contributed by atoms with Crippen molar-refractivity contribution < 1.29 is 4.74 Å². The topological polar surface area (TPSA) is 62.0 Å². The van der Waals surface area contributed by atoms with E-state index < -0.39 is 0 Å². The third-order valence-corrected chi connectivity index (χ3v) is 5.42. The molecule has 1 aromatic heterocycles. The van der Waals surface area contributed by atoms with E-state index in [4.69, 9.17) is 4.74 Å². The number of nitrogens with one attached hydrogen (secondary N) is 3. The summed E-state index contributed by atoms with van der Waals surface area (Å²) in [6.07, 6.45) is 8.96. The highest BCUT2D eigenvalue weighted by molar-refractivity contribution is 5.90. The van der Waals surface area contributed by atoms with Gasteiger partial charge in [-0.25, -0.2) is 0 Å². The number of piperidine rings is 1. The zero-order valence-corrected chi connectivity index (χ0v) is 14.3. The highest BCUT2D eigenvalue weighted by atomic mass is 16.5. The molecule has 1 saturated carbocycles. The standard InChI is InChI=1S/C19H28N4O/c1-2-4-15(5-3-1)21-19-17-7-6-16(12-18(17)22-23-19)24-13-14-8-10-20-11-9-14/h6-7,12,14-15,20H,1-5,8-11,13H2,(H2,21,22,23). The first-order valence-corrected chi connectivity index (χ1v) is 9.47. The molecule has 0 amide bonds. The fourth-order valence-electron chi connectivity index (χ4n) is 3.90. The molecule has 1 saturated heterocycles. The smallest absolute Gasteiger partial charge is 0.155 e. The highest BCUT2D eigenvalue weighted by Crippen LogP contribution is 2.28. The molecule has 130 valence electrons. The van der Waals surface area contributed by atoms with Crippen LogP contribution in [-0.4, -0.2) is 35.9 Å². The van der Waals surface area contributed by atoms with E-state index in [0.717, 1.165) is 42.2 Å². The van der Waals surface area contributed by atoms with Gasteiger partial charge in [0.25, 0.3) is 0 Å². The van der Waals surface area contributed by atoms with Crippen LogP contribution in [0.1, 0.15) is 44.9 Å². The van der Waals surface area contributed by atoms with Crippen molar-refractivity contribution in [1.82, 2.24) is 15.5 Å². The van der Waals surface area contributed by atoms with Gasteiger partial charge in [-0.3, -0.25) is 5.10 Å². The molecule has 2 heterocycles. The second kappa shape index (κ2) is 7.43. The number of hydrogen-bond acceptors (Lipinski definition) is 4. The number of rotatable bonds is 5. The van der Waals surface area contributed by atoms with Crippen LogP contribution in [0.2, 0.25) is 0 Å². The lowest BCUT2D eigenvalue weighted by Gasteiger charge is -2.23. The van der Waals surface area contributed by atoms with Crippen LogP contribution in [0.15, 0.2) is 18.2 Å². The first kappa shape index (κ1) is 15.8. The Morgan fingerprint density at radius 1 is 1.08 bits per heavy atom. The van der Waals surface area contributed by atoms with Gasteiger partial charge in [-0.2, -0.15) is 5.10 Å². The minimum absolute atomic E-state index is 0.570. The van der Waals surface area contributed by atoms with Crippen molar-refractivity contribution in [2.45, 2.75) is 51.0 Å². The molecule has 1 aromatic carbocycles. The van der Waals surface area contributed by atoms with Crippen LogP contribution >= 0.6 is 0 Å². The normalized spacial score (nSPS) is 20.3. The van der Waals surface area contributed by atoms with E-state index in [9.17, 15) is 0 Å². The zero-order valence-electron chi connectivity index (χ0n) is 14.3. The third kappa shape index (κ3) is 3.66. The van der Waals surface area contributed by atoms with E-state index in [1.165, 1.54) is 44.9 Å². The first-order chi connectivity index (χ1) is 11.9. The average molecular weight is 328 g/mol. The lowest BCUT2D eigenvalue weighted by Crippen LogP contribution is -2.30. The number of aromatic amines is 1. The summed E-state index contributed by atoms with van der Waals surface area (Å²) < 4.78 is 6.02. The molecule has 5 heteroatoms. The summed E-state index contributed by atoms with van der Waals surface area (Å²) in [7, 11) is 0. The summed E-state index contributed by atoms with van der Waals surface area (Å²) in [6.45, 7) is 3.04. The minimum Gasteiger partial charge on any atom is -0.493 e. The molecule has 0 atom stereocenters. The Balaban J connectivity index is 1.40. The second-order valence-electron chi connectivity index (χ2n) is 7.26. The number of nitrogens with zero attached hydrogens (tertiary/aromatic N) is 1. The van der Waals surface area contributed by atoms with Gasteiger partial charge < -0.3 is 15.4 Å². The predicted octanol–water partition coefficient (Wildman–Crippen LogP) is 3.69. The van der Waals surface area contributed by atoms with Crippen LogP contribution in [0, 0.1) is 5.92 Å². The third-order valence-electron chi connectivity index (χ3n) is 5.42. The molecule has 4 rings (SSSR count). The monoisotopic (exact) mass is 328 g/mol. The highest BCUT2D eigenvalue weighted by Gasteiger charge is 2.17. The summed E-state index contributed by atoms with van der Waals surface area (Å²) in [5.74, 6) is 2.60. The van der Waals surface area contributed by atoms with Crippen LogP contribution in [-0.2, 0) is 0 Å². The van der Waals surface area contributed by atoms with E-state index in [1.807, 2.05) is 0 Å². The van der Waals surface area contributed by atoms with Gasteiger partial charge in [-0.15, -0.1) is 0 Å². The second-order valence-corrected chi connectivity index (χ2v) is 7.26. The molecule has 0 spiro atoms. The Kier molecular flexibility index (Phi) is 4.88. The molecule has 1 aliphatic carbocycles. The minimum atomic E-state index is 0.570. The van der Waals surface area contributed by atoms with Crippen molar-refractivity contribution in [1.29, 1.82) is 0 Å². The number of benzene rings is 1. The maximum Gasteiger partial charge on any atom is 0.155 e. The van der Waals surface area contributed by atoms with Gasteiger partial charge in [-0.1, -0.05) is 19.3 Å². The number of aromatic nitrogens is 2.